The van der Waals surface area contributed by atoms with Gasteiger partial charge in [-0.1, -0.05) is 6.92 Å². The lowest BCUT2D eigenvalue weighted by molar-refractivity contribution is -0.243. The van der Waals surface area contributed by atoms with Crippen LogP contribution < -0.4 is 10.6 Å². The lowest BCUT2D eigenvalue weighted by Gasteiger charge is -2.44. The van der Waals surface area contributed by atoms with Crippen molar-refractivity contribution in [3.05, 3.63) is 0 Å². The third-order valence-electron chi connectivity index (χ3n) is 5.90. The second-order valence-corrected chi connectivity index (χ2v) is 10.4. The number of methoxy groups -OCH3 is 2. The second kappa shape index (κ2) is 12.3. The van der Waals surface area contributed by atoms with Crippen molar-refractivity contribution in [1.82, 2.24) is 10.6 Å². The number of carbonyl (C=O) groups is 3. The van der Waals surface area contributed by atoms with E-state index in [-0.39, 0.29) is 36.7 Å². The van der Waals surface area contributed by atoms with Crippen molar-refractivity contribution in [3.8, 4) is 0 Å². The van der Waals surface area contributed by atoms with E-state index >= 15 is 0 Å². The molecule has 2 fully saturated rings. The molecule has 1 unspecified atom stereocenters. The first-order valence-electron chi connectivity index (χ1n) is 12.1. The van der Waals surface area contributed by atoms with Gasteiger partial charge in [0, 0.05) is 32.4 Å². The standard InChI is InChI=1S/C24H42N2O9/c1-14-18(32-21-20(19(14)31-8)33-24(5,6)34-21)15(26-22(29)35-23(2,3)4)11-12-16(27)25-13-9-10-17(28)30-7/h14-15,18-21H,9-13H2,1-8H3,(H,25,27)(H,26,29)/t14-,15+,18?,19+,20-,21-/m1/s1. The summed E-state index contributed by atoms with van der Waals surface area (Å²) in [6.45, 7) is 11.3. The van der Waals surface area contributed by atoms with E-state index in [0.29, 0.717) is 19.4 Å². The molecule has 0 radical (unpaired) electrons. The summed E-state index contributed by atoms with van der Waals surface area (Å²) >= 11 is 0. The normalized spacial score (nSPS) is 28.5. The van der Waals surface area contributed by atoms with Crippen LogP contribution in [0.25, 0.3) is 0 Å². The Morgan fingerprint density at radius 1 is 1.09 bits per heavy atom. The summed E-state index contributed by atoms with van der Waals surface area (Å²) in [6, 6.07) is -0.549. The molecule has 0 aromatic carbocycles. The number of rotatable bonds is 10. The molecule has 0 bridgehead atoms. The zero-order valence-electron chi connectivity index (χ0n) is 22.2. The lowest BCUT2D eigenvalue weighted by Crippen LogP contribution is -2.59. The van der Waals surface area contributed by atoms with Crippen LogP contribution in [0.1, 0.15) is 67.2 Å². The molecule has 0 aromatic heterocycles. The minimum absolute atomic E-state index is 0.139. The molecule has 0 spiro atoms. The molecule has 2 saturated heterocycles. The quantitative estimate of drug-likeness (QED) is 0.341. The van der Waals surface area contributed by atoms with E-state index < -0.39 is 42.0 Å². The minimum atomic E-state index is -0.834. The van der Waals surface area contributed by atoms with E-state index in [1.807, 2.05) is 20.8 Å². The van der Waals surface area contributed by atoms with Crippen LogP contribution in [0.2, 0.25) is 0 Å². The molecule has 6 atom stereocenters. The maximum Gasteiger partial charge on any atom is 0.407 e. The van der Waals surface area contributed by atoms with Gasteiger partial charge < -0.3 is 39.1 Å². The van der Waals surface area contributed by atoms with Crippen LogP contribution in [0, 0.1) is 5.92 Å². The van der Waals surface area contributed by atoms with Gasteiger partial charge in [0.15, 0.2) is 12.1 Å². The number of fused-ring (bicyclic) bond motifs is 1. The molecular weight excluding hydrogens is 460 g/mol. The van der Waals surface area contributed by atoms with Gasteiger partial charge in [-0.25, -0.2) is 4.79 Å². The number of hydrogen-bond donors (Lipinski definition) is 2. The van der Waals surface area contributed by atoms with E-state index in [0.717, 1.165) is 0 Å². The van der Waals surface area contributed by atoms with Crippen LogP contribution in [0.5, 0.6) is 0 Å². The summed E-state index contributed by atoms with van der Waals surface area (Å²) in [5.74, 6) is -1.53. The molecule has 2 heterocycles. The minimum Gasteiger partial charge on any atom is -0.469 e. The summed E-state index contributed by atoms with van der Waals surface area (Å²) in [5, 5.41) is 5.67. The SMILES string of the molecule is COC(=O)CCCNC(=O)CC[C@H](NC(=O)OC(C)(C)C)C1O[C@@H]2OC(C)(C)O[C@@H]2[C@@H](OC)[C@@H]1C. The lowest BCUT2D eigenvalue weighted by atomic mass is 9.85. The zero-order chi connectivity index (χ0) is 26.4. The highest BCUT2D eigenvalue weighted by Gasteiger charge is 2.55. The third-order valence-corrected chi connectivity index (χ3v) is 5.90. The van der Waals surface area contributed by atoms with Gasteiger partial charge in [-0.05, 0) is 47.5 Å². The number of hydrogen-bond acceptors (Lipinski definition) is 9. The van der Waals surface area contributed by atoms with Gasteiger partial charge in [0.2, 0.25) is 5.91 Å². The fourth-order valence-corrected chi connectivity index (χ4v) is 4.38. The van der Waals surface area contributed by atoms with Crippen molar-refractivity contribution in [2.45, 2.75) is 109 Å². The summed E-state index contributed by atoms with van der Waals surface area (Å²) in [5.41, 5.74) is -0.683. The highest BCUT2D eigenvalue weighted by Crippen LogP contribution is 2.40. The Morgan fingerprint density at radius 2 is 1.77 bits per heavy atom. The molecule has 202 valence electrons. The van der Waals surface area contributed by atoms with Crippen molar-refractivity contribution in [2.75, 3.05) is 20.8 Å². The van der Waals surface area contributed by atoms with Crippen LogP contribution in [-0.4, -0.2) is 80.8 Å². The molecule has 2 amide bonds. The first-order valence-corrected chi connectivity index (χ1v) is 12.1. The first kappa shape index (κ1) is 29.3. The predicted molar refractivity (Wildman–Crippen MR) is 125 cm³/mol. The van der Waals surface area contributed by atoms with E-state index in [4.69, 9.17) is 23.7 Å². The molecule has 2 rings (SSSR count). The van der Waals surface area contributed by atoms with E-state index in [1.165, 1.54) is 7.11 Å². The van der Waals surface area contributed by atoms with Gasteiger partial charge in [0.25, 0.3) is 0 Å². The number of ether oxygens (including phenoxy) is 6. The van der Waals surface area contributed by atoms with Crippen LogP contribution >= 0.6 is 0 Å². The summed E-state index contributed by atoms with van der Waals surface area (Å²) in [4.78, 5) is 36.3. The molecule has 0 aliphatic carbocycles. The molecule has 35 heavy (non-hydrogen) atoms. The van der Waals surface area contributed by atoms with Gasteiger partial charge in [0.05, 0.1) is 25.4 Å². The maximum absolute atomic E-state index is 12.6. The molecular formula is C24H42N2O9. The van der Waals surface area contributed by atoms with Crippen LogP contribution in [0.3, 0.4) is 0 Å². The summed E-state index contributed by atoms with van der Waals surface area (Å²) < 4.78 is 34.0. The number of esters is 1. The van der Waals surface area contributed by atoms with Crippen LogP contribution in [0.15, 0.2) is 0 Å². The van der Waals surface area contributed by atoms with Gasteiger partial charge in [-0.3, -0.25) is 9.59 Å². The highest BCUT2D eigenvalue weighted by atomic mass is 16.8. The highest BCUT2D eigenvalue weighted by molar-refractivity contribution is 5.76. The average Bonchev–Trinajstić information content (AvgIpc) is 3.05. The Balaban J connectivity index is 2.08. The van der Waals surface area contributed by atoms with Crippen molar-refractivity contribution >= 4 is 18.0 Å². The Kier molecular flexibility index (Phi) is 10.3. The van der Waals surface area contributed by atoms with Crippen LogP contribution in [0.4, 0.5) is 4.79 Å². The van der Waals surface area contributed by atoms with Crippen molar-refractivity contribution < 1.29 is 42.8 Å². The van der Waals surface area contributed by atoms with Crippen LogP contribution in [-0.2, 0) is 38.0 Å². The molecule has 2 aliphatic heterocycles. The number of amides is 2. The average molecular weight is 503 g/mol. The molecule has 2 N–H and O–H groups in total. The Hall–Kier alpha value is -1.95. The van der Waals surface area contributed by atoms with Crippen molar-refractivity contribution in [2.24, 2.45) is 5.92 Å². The molecule has 11 heteroatoms. The zero-order valence-corrected chi connectivity index (χ0v) is 22.2. The van der Waals surface area contributed by atoms with E-state index in [1.54, 1.807) is 27.9 Å². The fourth-order valence-electron chi connectivity index (χ4n) is 4.38. The second-order valence-electron chi connectivity index (χ2n) is 10.4. The van der Waals surface area contributed by atoms with E-state index in [2.05, 4.69) is 15.4 Å². The first-order chi connectivity index (χ1) is 16.3. The van der Waals surface area contributed by atoms with Crippen molar-refractivity contribution in [3.63, 3.8) is 0 Å². The smallest absolute Gasteiger partial charge is 0.407 e. The number of nitrogens with one attached hydrogen (secondary N) is 2. The maximum atomic E-state index is 12.6. The van der Waals surface area contributed by atoms with Gasteiger partial charge in [-0.15, -0.1) is 0 Å². The van der Waals surface area contributed by atoms with Gasteiger partial charge in [-0.2, -0.15) is 0 Å². The summed E-state index contributed by atoms with van der Waals surface area (Å²) in [7, 11) is 2.93. The topological polar surface area (TPSA) is 131 Å². The van der Waals surface area contributed by atoms with Gasteiger partial charge >= 0.3 is 12.1 Å². The molecule has 0 aromatic rings. The largest absolute Gasteiger partial charge is 0.469 e. The molecule has 2 aliphatic rings. The Labute approximate surface area is 207 Å². The monoisotopic (exact) mass is 502 g/mol. The molecule has 0 saturated carbocycles. The Bertz CT molecular complexity index is 737. The molecule has 11 nitrogen and oxygen atoms in total. The summed E-state index contributed by atoms with van der Waals surface area (Å²) in [6.07, 6.45) is -1.40. The van der Waals surface area contributed by atoms with Gasteiger partial charge in [0.1, 0.15) is 11.7 Å². The number of carbonyl (C=O) groups excluding carboxylic acids is 3. The van der Waals surface area contributed by atoms with E-state index in [9.17, 15) is 14.4 Å². The fraction of sp³-hybridized carbons (Fsp3) is 0.875. The predicted octanol–water partition coefficient (Wildman–Crippen LogP) is 2.26. The number of alkyl carbamates (subject to hydrolysis) is 1. The van der Waals surface area contributed by atoms with Crippen molar-refractivity contribution in [1.29, 1.82) is 0 Å². The Morgan fingerprint density at radius 3 is 2.37 bits per heavy atom. The third kappa shape index (κ3) is 8.89.